The fraction of sp³-hybridized carbons (Fsp3) is 0.474. The maximum absolute atomic E-state index is 12.2. The smallest absolute Gasteiger partial charge is 0.264 e. The zero-order valence-corrected chi connectivity index (χ0v) is 16.6. The lowest BCUT2D eigenvalue weighted by molar-refractivity contribution is -0.115. The fourth-order valence-corrected chi connectivity index (χ4v) is 4.17. The van der Waals surface area contributed by atoms with Crippen LogP contribution in [0.5, 0.6) is 11.5 Å². The van der Waals surface area contributed by atoms with Crippen molar-refractivity contribution in [2.24, 2.45) is 4.99 Å². The molecular weight excluding hydrogens is 372 g/mol. The number of hydrogen-bond acceptors (Lipinski definition) is 5. The summed E-state index contributed by atoms with van der Waals surface area (Å²) >= 11 is 7.72. The standard InChI is InChI=1S/C19H23ClN2O3S/c1-3-8-25-17-14(20)9-12(10-15(17)24-2)11-16-18(23)22-19(26-16)21-13-6-4-5-7-13/h9-11,13H,3-8H2,1-2H3,(H,21,22,23)/b16-11-. The lowest BCUT2D eigenvalue weighted by atomic mass is 10.2. The summed E-state index contributed by atoms with van der Waals surface area (Å²) in [4.78, 5) is 17.5. The normalized spacial score (nSPS) is 20.8. The van der Waals surface area contributed by atoms with Crippen LogP contribution in [-0.4, -0.2) is 30.8 Å². The van der Waals surface area contributed by atoms with E-state index in [1.165, 1.54) is 24.6 Å². The number of amides is 1. The quantitative estimate of drug-likeness (QED) is 0.714. The number of carbonyl (C=O) groups is 1. The van der Waals surface area contributed by atoms with E-state index in [4.69, 9.17) is 21.1 Å². The zero-order chi connectivity index (χ0) is 18.5. The first kappa shape index (κ1) is 19.1. The first-order valence-corrected chi connectivity index (χ1v) is 10.1. The number of amidine groups is 1. The van der Waals surface area contributed by atoms with Crippen molar-refractivity contribution < 1.29 is 14.3 Å². The summed E-state index contributed by atoms with van der Waals surface area (Å²) < 4.78 is 11.1. The molecule has 1 saturated carbocycles. The van der Waals surface area contributed by atoms with Crippen LogP contribution in [-0.2, 0) is 4.79 Å². The average Bonchev–Trinajstić information content (AvgIpc) is 3.24. The van der Waals surface area contributed by atoms with Crippen molar-refractivity contribution in [1.82, 2.24) is 5.32 Å². The van der Waals surface area contributed by atoms with E-state index in [-0.39, 0.29) is 5.91 Å². The molecule has 1 aliphatic heterocycles. The number of benzene rings is 1. The van der Waals surface area contributed by atoms with Crippen molar-refractivity contribution in [3.8, 4) is 11.5 Å². The predicted molar refractivity (Wildman–Crippen MR) is 107 cm³/mol. The van der Waals surface area contributed by atoms with Gasteiger partial charge in [0.05, 0.1) is 29.7 Å². The van der Waals surface area contributed by atoms with Crippen molar-refractivity contribution in [1.29, 1.82) is 0 Å². The number of nitrogens with one attached hydrogen (secondary N) is 1. The third kappa shape index (κ3) is 4.54. The Morgan fingerprint density at radius 1 is 1.38 bits per heavy atom. The van der Waals surface area contributed by atoms with Gasteiger partial charge in [-0.2, -0.15) is 0 Å². The van der Waals surface area contributed by atoms with E-state index >= 15 is 0 Å². The Labute approximate surface area is 163 Å². The highest BCUT2D eigenvalue weighted by molar-refractivity contribution is 8.18. The van der Waals surface area contributed by atoms with Gasteiger partial charge in [0.2, 0.25) is 0 Å². The maximum Gasteiger partial charge on any atom is 0.264 e. The largest absolute Gasteiger partial charge is 0.493 e. The van der Waals surface area contributed by atoms with Crippen LogP contribution in [0.2, 0.25) is 5.02 Å². The third-order valence-corrected chi connectivity index (χ3v) is 5.48. The monoisotopic (exact) mass is 394 g/mol. The number of hydrogen-bond donors (Lipinski definition) is 1. The number of methoxy groups -OCH3 is 1. The maximum atomic E-state index is 12.2. The molecule has 1 heterocycles. The molecule has 0 bridgehead atoms. The Balaban J connectivity index is 1.80. The van der Waals surface area contributed by atoms with Gasteiger partial charge in [-0.1, -0.05) is 31.4 Å². The van der Waals surface area contributed by atoms with Crippen LogP contribution in [0.4, 0.5) is 0 Å². The second-order valence-corrected chi connectivity index (χ2v) is 7.76. The van der Waals surface area contributed by atoms with Gasteiger partial charge < -0.3 is 14.8 Å². The molecule has 1 saturated heterocycles. The summed E-state index contributed by atoms with van der Waals surface area (Å²) in [5, 5.41) is 4.01. The molecule has 1 aliphatic carbocycles. The van der Waals surface area contributed by atoms with Crippen LogP contribution >= 0.6 is 23.4 Å². The number of aliphatic imine (C=N–C) groups is 1. The topological polar surface area (TPSA) is 59.9 Å². The molecule has 3 rings (SSSR count). The first-order valence-electron chi connectivity index (χ1n) is 8.89. The van der Waals surface area contributed by atoms with E-state index in [0.717, 1.165) is 24.8 Å². The Morgan fingerprint density at radius 3 is 2.85 bits per heavy atom. The van der Waals surface area contributed by atoms with E-state index in [9.17, 15) is 4.79 Å². The van der Waals surface area contributed by atoms with Crippen molar-refractivity contribution in [2.45, 2.75) is 45.1 Å². The van der Waals surface area contributed by atoms with Crippen LogP contribution in [0.25, 0.3) is 6.08 Å². The fourth-order valence-electron chi connectivity index (χ4n) is 3.01. The van der Waals surface area contributed by atoms with Crippen LogP contribution in [0.3, 0.4) is 0 Å². The molecule has 0 radical (unpaired) electrons. The first-order chi connectivity index (χ1) is 12.6. The summed E-state index contributed by atoms with van der Waals surface area (Å²) in [5.41, 5.74) is 0.787. The molecule has 5 nitrogen and oxygen atoms in total. The lowest BCUT2D eigenvalue weighted by Crippen LogP contribution is -2.21. The van der Waals surface area contributed by atoms with Gasteiger partial charge in [-0.3, -0.25) is 9.79 Å². The Morgan fingerprint density at radius 2 is 2.15 bits per heavy atom. The SMILES string of the molecule is CCCOc1c(Cl)cc(/C=C2\SC(=NC3CCCC3)NC2=O)cc1OC. The molecule has 26 heavy (non-hydrogen) atoms. The highest BCUT2D eigenvalue weighted by Crippen LogP contribution is 2.38. The molecule has 0 aromatic heterocycles. The molecule has 140 valence electrons. The van der Waals surface area contributed by atoms with Crippen LogP contribution in [0.1, 0.15) is 44.6 Å². The van der Waals surface area contributed by atoms with E-state index in [1.54, 1.807) is 19.3 Å². The lowest BCUT2D eigenvalue weighted by Gasteiger charge is -2.12. The van der Waals surface area contributed by atoms with Crippen LogP contribution in [0.15, 0.2) is 22.0 Å². The highest BCUT2D eigenvalue weighted by atomic mass is 35.5. The molecule has 2 aliphatic rings. The van der Waals surface area contributed by atoms with Crippen molar-refractivity contribution >= 4 is 40.5 Å². The second-order valence-electron chi connectivity index (χ2n) is 6.32. The summed E-state index contributed by atoms with van der Waals surface area (Å²) in [6.45, 7) is 2.59. The van der Waals surface area contributed by atoms with Gasteiger partial charge in [-0.15, -0.1) is 0 Å². The van der Waals surface area contributed by atoms with Crippen LogP contribution in [0, 0.1) is 0 Å². The molecule has 0 atom stereocenters. The molecule has 1 aromatic rings. The van der Waals surface area contributed by atoms with Gasteiger partial charge in [0.1, 0.15) is 0 Å². The zero-order valence-electron chi connectivity index (χ0n) is 15.0. The molecule has 0 spiro atoms. The number of halogens is 1. The number of nitrogens with zero attached hydrogens (tertiary/aromatic N) is 1. The number of carbonyl (C=O) groups excluding carboxylic acids is 1. The van der Waals surface area contributed by atoms with Crippen LogP contribution < -0.4 is 14.8 Å². The van der Waals surface area contributed by atoms with E-state index in [1.807, 2.05) is 13.0 Å². The molecule has 1 N–H and O–H groups in total. The predicted octanol–water partition coefficient (Wildman–Crippen LogP) is 4.64. The molecule has 1 aromatic carbocycles. The van der Waals surface area contributed by atoms with Gasteiger partial charge in [-0.05, 0) is 54.8 Å². The summed E-state index contributed by atoms with van der Waals surface area (Å²) in [5.74, 6) is 0.958. The Hall–Kier alpha value is -1.66. The van der Waals surface area contributed by atoms with E-state index in [0.29, 0.717) is 39.2 Å². The molecule has 2 fully saturated rings. The van der Waals surface area contributed by atoms with Gasteiger partial charge >= 0.3 is 0 Å². The number of thioether (sulfide) groups is 1. The summed E-state index contributed by atoms with van der Waals surface area (Å²) in [6.07, 6.45) is 7.32. The Kier molecular flexibility index (Phi) is 6.48. The number of rotatable bonds is 6. The van der Waals surface area contributed by atoms with Crippen molar-refractivity contribution in [2.75, 3.05) is 13.7 Å². The molecule has 7 heteroatoms. The summed E-state index contributed by atoms with van der Waals surface area (Å²) in [7, 11) is 1.57. The Bertz CT molecular complexity index is 743. The van der Waals surface area contributed by atoms with E-state index < -0.39 is 0 Å². The van der Waals surface area contributed by atoms with Gasteiger partial charge in [-0.25, -0.2) is 0 Å². The van der Waals surface area contributed by atoms with Gasteiger partial charge in [0.15, 0.2) is 16.7 Å². The van der Waals surface area contributed by atoms with Crippen molar-refractivity contribution in [3.63, 3.8) is 0 Å². The van der Waals surface area contributed by atoms with Crippen molar-refractivity contribution in [3.05, 3.63) is 27.6 Å². The third-order valence-electron chi connectivity index (χ3n) is 4.28. The molecule has 0 unspecified atom stereocenters. The molecular formula is C19H23ClN2O3S. The van der Waals surface area contributed by atoms with Gasteiger partial charge in [0.25, 0.3) is 5.91 Å². The molecule has 1 amide bonds. The average molecular weight is 395 g/mol. The van der Waals surface area contributed by atoms with E-state index in [2.05, 4.69) is 10.3 Å². The number of ether oxygens (including phenoxy) is 2. The minimum absolute atomic E-state index is 0.131. The highest BCUT2D eigenvalue weighted by Gasteiger charge is 2.26. The minimum Gasteiger partial charge on any atom is -0.493 e. The second kappa shape index (κ2) is 8.82. The van der Waals surface area contributed by atoms with Gasteiger partial charge in [0, 0.05) is 0 Å². The summed E-state index contributed by atoms with van der Waals surface area (Å²) in [6, 6.07) is 3.94. The minimum atomic E-state index is -0.131.